The van der Waals surface area contributed by atoms with Crippen molar-refractivity contribution in [2.24, 2.45) is 5.92 Å². The number of hydrogen-bond acceptors (Lipinski definition) is 5. The van der Waals surface area contributed by atoms with Gasteiger partial charge in [-0.2, -0.15) is 0 Å². The maximum Gasteiger partial charge on any atom is 0.338 e. The molecule has 1 saturated carbocycles. The number of carbonyl (C=O) groups is 2. The van der Waals surface area contributed by atoms with Gasteiger partial charge in [0.15, 0.2) is 0 Å². The zero-order chi connectivity index (χ0) is 22.0. The highest BCUT2D eigenvalue weighted by atomic mass is 32.2. The zero-order valence-corrected chi connectivity index (χ0v) is 18.3. The maximum absolute atomic E-state index is 12.8. The van der Waals surface area contributed by atoms with Crippen LogP contribution in [0.25, 0.3) is 0 Å². The topological polar surface area (TPSA) is 92.8 Å². The Morgan fingerprint density at radius 2 is 1.87 bits per heavy atom. The van der Waals surface area contributed by atoms with Crippen LogP contribution in [0.2, 0.25) is 0 Å². The van der Waals surface area contributed by atoms with E-state index in [0.717, 1.165) is 36.9 Å². The van der Waals surface area contributed by atoms with E-state index >= 15 is 0 Å². The van der Waals surface area contributed by atoms with Gasteiger partial charge in [0.05, 0.1) is 17.1 Å². The van der Waals surface area contributed by atoms with E-state index in [9.17, 15) is 18.0 Å². The molecule has 164 valence electrons. The standard InChI is InChI=1S/C23H26N2O5S/c1-2-3-14-30-23(27)17-6-8-19(9-7-17)24-31(28,29)20-10-11-21-18(15-20)12-13-25(21)22(26)16-4-5-16/h6-11,15-16,24H,2-5,12-14H2,1H3. The molecule has 0 bridgehead atoms. The number of amides is 1. The first-order valence-electron chi connectivity index (χ1n) is 10.6. The Balaban J connectivity index is 1.44. The van der Waals surface area contributed by atoms with E-state index in [1.54, 1.807) is 17.0 Å². The lowest BCUT2D eigenvalue weighted by atomic mass is 10.2. The third-order valence-electron chi connectivity index (χ3n) is 5.55. The number of fused-ring (bicyclic) bond motifs is 1. The molecule has 31 heavy (non-hydrogen) atoms. The predicted molar refractivity (Wildman–Crippen MR) is 118 cm³/mol. The number of unbranched alkanes of at least 4 members (excludes halogenated alkanes) is 1. The summed E-state index contributed by atoms with van der Waals surface area (Å²) in [4.78, 5) is 26.3. The SMILES string of the molecule is CCCCOC(=O)c1ccc(NS(=O)(=O)c2ccc3c(c2)CCN3C(=O)C2CC2)cc1. The van der Waals surface area contributed by atoms with Crippen LogP contribution in [0.1, 0.15) is 48.5 Å². The molecule has 4 rings (SSSR count). The second-order valence-corrected chi connectivity index (χ2v) is 9.66. The summed E-state index contributed by atoms with van der Waals surface area (Å²) < 4.78 is 33.4. The molecule has 0 spiro atoms. The van der Waals surface area contributed by atoms with Crippen LogP contribution < -0.4 is 9.62 Å². The molecule has 0 atom stereocenters. The second kappa shape index (κ2) is 8.70. The lowest BCUT2D eigenvalue weighted by Gasteiger charge is -2.17. The quantitative estimate of drug-likeness (QED) is 0.497. The molecule has 2 aromatic rings. The van der Waals surface area contributed by atoms with Gasteiger partial charge in [0.25, 0.3) is 10.0 Å². The number of benzene rings is 2. The minimum Gasteiger partial charge on any atom is -0.462 e. The van der Waals surface area contributed by atoms with Crippen molar-refractivity contribution < 1.29 is 22.7 Å². The minimum atomic E-state index is -3.80. The summed E-state index contributed by atoms with van der Waals surface area (Å²) in [5.41, 5.74) is 2.40. The number of esters is 1. The van der Waals surface area contributed by atoms with Crippen molar-refractivity contribution in [3.8, 4) is 0 Å². The Kier molecular flexibility index (Phi) is 6.00. The van der Waals surface area contributed by atoms with E-state index in [-0.39, 0.29) is 16.7 Å². The fourth-order valence-corrected chi connectivity index (χ4v) is 4.71. The zero-order valence-electron chi connectivity index (χ0n) is 17.5. The number of hydrogen-bond donors (Lipinski definition) is 1. The number of rotatable bonds is 8. The van der Waals surface area contributed by atoms with Crippen LogP contribution in [0, 0.1) is 5.92 Å². The molecule has 8 heteroatoms. The van der Waals surface area contributed by atoms with E-state index in [4.69, 9.17) is 4.74 Å². The number of nitrogens with zero attached hydrogens (tertiary/aromatic N) is 1. The smallest absolute Gasteiger partial charge is 0.338 e. The number of sulfonamides is 1. The van der Waals surface area contributed by atoms with E-state index in [2.05, 4.69) is 4.72 Å². The first-order valence-corrected chi connectivity index (χ1v) is 12.1. The highest BCUT2D eigenvalue weighted by molar-refractivity contribution is 7.92. The summed E-state index contributed by atoms with van der Waals surface area (Å²) in [5.74, 6) is -0.157. The van der Waals surface area contributed by atoms with Crippen molar-refractivity contribution in [1.29, 1.82) is 0 Å². The highest BCUT2D eigenvalue weighted by Crippen LogP contribution is 2.37. The lowest BCUT2D eigenvalue weighted by Crippen LogP contribution is -2.30. The van der Waals surface area contributed by atoms with Crippen LogP contribution in [0.3, 0.4) is 0 Å². The molecule has 7 nitrogen and oxygen atoms in total. The molecular formula is C23H26N2O5S. The molecule has 0 saturated heterocycles. The Morgan fingerprint density at radius 1 is 1.13 bits per heavy atom. The predicted octanol–water partition coefficient (Wildman–Crippen LogP) is 3.74. The molecule has 2 aromatic carbocycles. The van der Waals surface area contributed by atoms with Crippen LogP contribution in [-0.2, 0) is 26.0 Å². The fraction of sp³-hybridized carbons (Fsp3) is 0.391. The molecule has 1 fully saturated rings. The molecular weight excluding hydrogens is 416 g/mol. The van der Waals surface area contributed by atoms with Crippen LogP contribution in [0.5, 0.6) is 0 Å². The number of anilines is 2. The van der Waals surface area contributed by atoms with E-state index < -0.39 is 16.0 Å². The molecule has 0 unspecified atom stereocenters. The van der Waals surface area contributed by atoms with Gasteiger partial charge in [-0.15, -0.1) is 0 Å². The molecule has 1 N–H and O–H groups in total. The average Bonchev–Trinajstić information content (AvgIpc) is 3.52. The van der Waals surface area contributed by atoms with Crippen molar-refractivity contribution in [3.05, 3.63) is 53.6 Å². The van der Waals surface area contributed by atoms with Crippen molar-refractivity contribution in [2.75, 3.05) is 22.8 Å². The molecule has 0 radical (unpaired) electrons. The normalized spacial score (nSPS) is 15.5. The van der Waals surface area contributed by atoms with Crippen LogP contribution in [-0.4, -0.2) is 33.4 Å². The summed E-state index contributed by atoms with van der Waals surface area (Å²) >= 11 is 0. The maximum atomic E-state index is 12.8. The second-order valence-electron chi connectivity index (χ2n) is 7.98. The van der Waals surface area contributed by atoms with Gasteiger partial charge in [-0.1, -0.05) is 13.3 Å². The molecule has 1 heterocycles. The van der Waals surface area contributed by atoms with Crippen LogP contribution in [0.15, 0.2) is 47.4 Å². The van der Waals surface area contributed by atoms with Gasteiger partial charge in [0.1, 0.15) is 0 Å². The van der Waals surface area contributed by atoms with Crippen molar-refractivity contribution in [1.82, 2.24) is 0 Å². The van der Waals surface area contributed by atoms with E-state index in [1.807, 2.05) is 6.92 Å². The van der Waals surface area contributed by atoms with Gasteiger partial charge in [-0.05, 0) is 73.7 Å². The van der Waals surface area contributed by atoms with Gasteiger partial charge in [0.2, 0.25) is 5.91 Å². The summed E-state index contributed by atoms with van der Waals surface area (Å²) in [6, 6.07) is 11.0. The summed E-state index contributed by atoms with van der Waals surface area (Å²) in [6.07, 6.45) is 4.26. The van der Waals surface area contributed by atoms with E-state index in [0.29, 0.717) is 30.8 Å². The largest absolute Gasteiger partial charge is 0.462 e. The van der Waals surface area contributed by atoms with Crippen LogP contribution in [0.4, 0.5) is 11.4 Å². The first-order chi connectivity index (χ1) is 14.9. The van der Waals surface area contributed by atoms with Gasteiger partial charge in [-0.25, -0.2) is 13.2 Å². The monoisotopic (exact) mass is 442 g/mol. The van der Waals surface area contributed by atoms with Gasteiger partial charge >= 0.3 is 5.97 Å². The fourth-order valence-electron chi connectivity index (χ4n) is 3.61. The van der Waals surface area contributed by atoms with Crippen LogP contribution >= 0.6 is 0 Å². The molecule has 1 aliphatic heterocycles. The molecule has 1 aliphatic carbocycles. The molecule has 1 amide bonds. The Morgan fingerprint density at radius 3 is 2.55 bits per heavy atom. The molecule has 2 aliphatic rings. The summed E-state index contributed by atoms with van der Waals surface area (Å²) in [7, 11) is -3.80. The van der Waals surface area contributed by atoms with E-state index in [1.165, 1.54) is 30.3 Å². The molecule has 0 aromatic heterocycles. The van der Waals surface area contributed by atoms with Gasteiger partial charge in [0, 0.05) is 23.8 Å². The van der Waals surface area contributed by atoms with Gasteiger partial charge < -0.3 is 9.64 Å². The van der Waals surface area contributed by atoms with Crippen molar-refractivity contribution in [2.45, 2.75) is 43.9 Å². The average molecular weight is 443 g/mol. The number of carbonyl (C=O) groups excluding carboxylic acids is 2. The summed E-state index contributed by atoms with van der Waals surface area (Å²) in [5, 5.41) is 0. The third-order valence-corrected chi connectivity index (χ3v) is 6.93. The first kappa shape index (κ1) is 21.4. The number of ether oxygens (including phenoxy) is 1. The summed E-state index contributed by atoms with van der Waals surface area (Å²) in [6.45, 7) is 2.97. The number of nitrogens with one attached hydrogen (secondary N) is 1. The Hall–Kier alpha value is -2.87. The van der Waals surface area contributed by atoms with Crippen molar-refractivity contribution >= 4 is 33.3 Å². The Labute approximate surface area is 182 Å². The third kappa shape index (κ3) is 4.74. The Bertz CT molecular complexity index is 1090. The minimum absolute atomic E-state index is 0.128. The van der Waals surface area contributed by atoms with Gasteiger partial charge in [-0.3, -0.25) is 9.52 Å². The highest BCUT2D eigenvalue weighted by Gasteiger charge is 2.36. The lowest BCUT2D eigenvalue weighted by molar-refractivity contribution is -0.119. The van der Waals surface area contributed by atoms with Crippen molar-refractivity contribution in [3.63, 3.8) is 0 Å².